The number of hydrogen-bond acceptors (Lipinski definition) is 3. The molecule has 0 unspecified atom stereocenters. The zero-order valence-corrected chi connectivity index (χ0v) is 12.7. The van der Waals surface area contributed by atoms with Crippen molar-refractivity contribution in [3.8, 4) is 0 Å². The van der Waals surface area contributed by atoms with Crippen molar-refractivity contribution >= 4 is 6.09 Å². The number of aliphatic hydroxyl groups excluding tert-OH is 1. The molecule has 2 fully saturated rings. The van der Waals surface area contributed by atoms with Gasteiger partial charge in [0.25, 0.3) is 5.92 Å². The van der Waals surface area contributed by atoms with E-state index in [4.69, 9.17) is 4.74 Å². The minimum Gasteiger partial charge on any atom is -0.444 e. The smallest absolute Gasteiger partial charge is 0.411 e. The lowest BCUT2D eigenvalue weighted by molar-refractivity contribution is -0.226. The summed E-state index contributed by atoms with van der Waals surface area (Å²) in [7, 11) is 0. The van der Waals surface area contributed by atoms with Gasteiger partial charge in [0.05, 0.1) is 0 Å². The fourth-order valence-corrected chi connectivity index (χ4v) is 3.47. The largest absolute Gasteiger partial charge is 0.444 e. The number of halogens is 2. The van der Waals surface area contributed by atoms with Crippen LogP contribution in [0.2, 0.25) is 0 Å². The molecule has 4 nitrogen and oxygen atoms in total. The average Bonchev–Trinajstić information content (AvgIpc) is 2.45. The highest BCUT2D eigenvalue weighted by atomic mass is 19.3. The predicted octanol–water partition coefficient (Wildman–Crippen LogP) is 2.93. The number of amides is 1. The molecule has 3 atom stereocenters. The van der Waals surface area contributed by atoms with Gasteiger partial charge in [0, 0.05) is 12.0 Å². The van der Waals surface area contributed by atoms with E-state index in [0.29, 0.717) is 6.42 Å². The van der Waals surface area contributed by atoms with Crippen LogP contribution in [0.3, 0.4) is 0 Å². The molecule has 20 heavy (non-hydrogen) atoms. The summed E-state index contributed by atoms with van der Waals surface area (Å²) in [6, 6.07) is 0. The standard InChI is InChI=1S/C14H23F2NO3/c1-11(2,3)20-10(19)17-12(4)6-7-13(17,5)14(15,16)9(18)8-12/h9,18H,6-8H2,1-5H3/t9-,12-,13+/m1/s1. The molecule has 0 saturated carbocycles. The van der Waals surface area contributed by atoms with Crippen molar-refractivity contribution in [3.05, 3.63) is 0 Å². The van der Waals surface area contributed by atoms with Gasteiger partial charge in [0.2, 0.25) is 0 Å². The minimum atomic E-state index is -3.33. The van der Waals surface area contributed by atoms with Crippen LogP contribution in [-0.2, 0) is 4.74 Å². The summed E-state index contributed by atoms with van der Waals surface area (Å²) in [5.74, 6) is -3.33. The van der Waals surface area contributed by atoms with Crippen LogP contribution in [0.1, 0.15) is 53.9 Å². The first-order valence-electron chi connectivity index (χ1n) is 6.93. The number of rotatable bonds is 0. The van der Waals surface area contributed by atoms with E-state index >= 15 is 0 Å². The number of aliphatic hydroxyl groups is 1. The highest BCUT2D eigenvalue weighted by molar-refractivity contribution is 5.71. The molecule has 0 aromatic rings. The van der Waals surface area contributed by atoms with Crippen LogP contribution in [0.25, 0.3) is 0 Å². The number of carbonyl (C=O) groups is 1. The molecule has 0 aromatic heterocycles. The van der Waals surface area contributed by atoms with Gasteiger partial charge in [-0.2, -0.15) is 0 Å². The Labute approximate surface area is 118 Å². The molecule has 2 saturated heterocycles. The normalized spacial score (nSPS) is 39.8. The molecule has 2 bridgehead atoms. The summed E-state index contributed by atoms with van der Waals surface area (Å²) in [4.78, 5) is 13.5. The van der Waals surface area contributed by atoms with Gasteiger partial charge in [-0.1, -0.05) is 0 Å². The van der Waals surface area contributed by atoms with E-state index in [1.165, 1.54) is 6.92 Å². The second kappa shape index (κ2) is 4.06. The van der Waals surface area contributed by atoms with Crippen molar-refractivity contribution in [1.29, 1.82) is 0 Å². The number of alkyl halides is 2. The van der Waals surface area contributed by atoms with Crippen molar-refractivity contribution in [1.82, 2.24) is 4.90 Å². The van der Waals surface area contributed by atoms with Gasteiger partial charge in [-0.15, -0.1) is 0 Å². The van der Waals surface area contributed by atoms with Crippen molar-refractivity contribution in [2.75, 3.05) is 0 Å². The Morgan fingerprint density at radius 3 is 2.35 bits per heavy atom. The Balaban J connectivity index is 2.40. The summed E-state index contributed by atoms with van der Waals surface area (Å²) < 4.78 is 34.1. The molecular formula is C14H23F2NO3. The first kappa shape index (κ1) is 15.5. The van der Waals surface area contributed by atoms with Gasteiger partial charge in [-0.3, -0.25) is 4.90 Å². The maximum Gasteiger partial charge on any atom is 0.411 e. The number of carbonyl (C=O) groups excluding carboxylic acids is 1. The van der Waals surface area contributed by atoms with E-state index in [9.17, 15) is 18.7 Å². The zero-order chi connectivity index (χ0) is 15.6. The van der Waals surface area contributed by atoms with Gasteiger partial charge in [-0.05, 0) is 47.5 Å². The topological polar surface area (TPSA) is 49.8 Å². The molecule has 116 valence electrons. The van der Waals surface area contributed by atoms with Gasteiger partial charge in [-0.25, -0.2) is 13.6 Å². The Morgan fingerprint density at radius 2 is 1.85 bits per heavy atom. The lowest BCUT2D eigenvalue weighted by Gasteiger charge is -2.53. The summed E-state index contributed by atoms with van der Waals surface area (Å²) in [6.45, 7) is 8.18. The Bertz CT molecular complexity index is 435. The molecule has 2 aliphatic rings. The quantitative estimate of drug-likeness (QED) is 0.746. The number of ether oxygens (including phenoxy) is 1. The third-order valence-electron chi connectivity index (χ3n) is 4.53. The highest BCUT2D eigenvalue weighted by Crippen LogP contribution is 2.57. The van der Waals surface area contributed by atoms with Crippen molar-refractivity contribution < 1.29 is 23.4 Å². The fraction of sp³-hybridized carbons (Fsp3) is 0.929. The number of nitrogens with zero attached hydrogens (tertiary/aromatic N) is 1. The highest BCUT2D eigenvalue weighted by Gasteiger charge is 2.71. The fourth-order valence-electron chi connectivity index (χ4n) is 3.47. The Hall–Kier alpha value is -0.910. The molecule has 2 heterocycles. The average molecular weight is 291 g/mol. The number of hydrogen-bond donors (Lipinski definition) is 1. The van der Waals surface area contributed by atoms with E-state index in [1.807, 2.05) is 0 Å². The van der Waals surface area contributed by atoms with E-state index in [-0.39, 0.29) is 12.8 Å². The maximum atomic E-state index is 14.4. The molecule has 6 heteroatoms. The molecule has 0 aromatic carbocycles. The third-order valence-corrected chi connectivity index (χ3v) is 4.53. The third kappa shape index (κ3) is 2.00. The van der Waals surface area contributed by atoms with Gasteiger partial charge >= 0.3 is 6.09 Å². The van der Waals surface area contributed by atoms with Crippen LogP contribution in [-0.4, -0.2) is 44.8 Å². The molecule has 1 amide bonds. The summed E-state index contributed by atoms with van der Waals surface area (Å²) in [5, 5.41) is 9.75. The summed E-state index contributed by atoms with van der Waals surface area (Å²) in [6.07, 6.45) is -1.98. The molecule has 1 N–H and O–H groups in total. The van der Waals surface area contributed by atoms with Crippen LogP contribution in [0, 0.1) is 0 Å². The Morgan fingerprint density at radius 1 is 1.30 bits per heavy atom. The van der Waals surface area contributed by atoms with E-state index in [2.05, 4.69) is 0 Å². The Kier molecular flexibility index (Phi) is 3.14. The van der Waals surface area contributed by atoms with Gasteiger partial charge in [0.15, 0.2) is 0 Å². The molecule has 2 aliphatic heterocycles. The van der Waals surface area contributed by atoms with E-state index in [1.54, 1.807) is 27.7 Å². The zero-order valence-electron chi connectivity index (χ0n) is 12.7. The maximum absolute atomic E-state index is 14.4. The van der Waals surface area contributed by atoms with Gasteiger partial charge < -0.3 is 9.84 Å². The van der Waals surface area contributed by atoms with Crippen molar-refractivity contribution in [3.63, 3.8) is 0 Å². The van der Waals surface area contributed by atoms with Crippen molar-refractivity contribution in [2.24, 2.45) is 0 Å². The van der Waals surface area contributed by atoms with E-state index in [0.717, 1.165) is 4.90 Å². The molecule has 0 spiro atoms. The molecular weight excluding hydrogens is 268 g/mol. The van der Waals surface area contributed by atoms with E-state index < -0.39 is 34.8 Å². The molecule has 0 radical (unpaired) electrons. The monoisotopic (exact) mass is 291 g/mol. The van der Waals surface area contributed by atoms with Crippen LogP contribution in [0.4, 0.5) is 13.6 Å². The lowest BCUT2D eigenvalue weighted by atomic mass is 9.80. The van der Waals surface area contributed by atoms with Crippen molar-refractivity contribution in [2.45, 2.75) is 82.6 Å². The van der Waals surface area contributed by atoms with Gasteiger partial charge in [0.1, 0.15) is 17.2 Å². The first-order chi connectivity index (χ1) is 8.83. The van der Waals surface area contributed by atoms with Crippen LogP contribution >= 0.6 is 0 Å². The number of fused-ring (bicyclic) bond motifs is 2. The van der Waals surface area contributed by atoms with Crippen LogP contribution in [0.5, 0.6) is 0 Å². The van der Waals surface area contributed by atoms with Crippen LogP contribution in [0.15, 0.2) is 0 Å². The predicted molar refractivity (Wildman–Crippen MR) is 69.7 cm³/mol. The summed E-state index contributed by atoms with van der Waals surface area (Å²) in [5.41, 5.74) is -3.21. The summed E-state index contributed by atoms with van der Waals surface area (Å²) >= 11 is 0. The molecule has 2 rings (SSSR count). The SMILES string of the molecule is CC(C)(C)OC(=O)N1[C@]2(C)CC[C@@]1(C)C(F)(F)[C@H](O)C2. The lowest BCUT2D eigenvalue weighted by Crippen LogP contribution is -2.71. The van der Waals surface area contributed by atoms with Crippen LogP contribution < -0.4 is 0 Å². The second-order valence-corrected chi connectivity index (χ2v) is 7.43. The second-order valence-electron chi connectivity index (χ2n) is 7.43. The first-order valence-corrected chi connectivity index (χ1v) is 6.93. The molecule has 0 aliphatic carbocycles. The minimum absolute atomic E-state index is 0.130. The number of piperidine rings is 1.